The number of hydrogen-bond acceptors (Lipinski definition) is 7. The van der Waals surface area contributed by atoms with Crippen LogP contribution in [0.25, 0.3) is 5.69 Å². The van der Waals surface area contributed by atoms with Gasteiger partial charge in [-0.1, -0.05) is 11.8 Å². The minimum absolute atomic E-state index is 0.0203. The Morgan fingerprint density at radius 3 is 2.41 bits per heavy atom. The third kappa shape index (κ3) is 5.11. The molecule has 0 radical (unpaired) electrons. The molecule has 0 aliphatic carbocycles. The largest absolute Gasteiger partial charge is 0.497 e. The van der Waals surface area contributed by atoms with Crippen LogP contribution in [0.2, 0.25) is 0 Å². The Morgan fingerprint density at radius 2 is 1.79 bits per heavy atom. The van der Waals surface area contributed by atoms with Crippen LogP contribution in [0.4, 0.5) is 5.82 Å². The number of methoxy groups -OCH3 is 1. The molecule has 29 heavy (non-hydrogen) atoms. The van der Waals surface area contributed by atoms with Gasteiger partial charge in [-0.25, -0.2) is 19.3 Å². The number of aromatic amines is 1. The van der Waals surface area contributed by atoms with E-state index in [-0.39, 0.29) is 11.6 Å². The molecule has 1 amide bonds. The van der Waals surface area contributed by atoms with E-state index in [9.17, 15) is 14.4 Å². The first-order valence-electron chi connectivity index (χ1n) is 8.61. The molecule has 0 atom stereocenters. The molecule has 2 heterocycles. The second-order valence-electron chi connectivity index (χ2n) is 6.13. The number of hydrogen-bond donors (Lipinski definition) is 2. The summed E-state index contributed by atoms with van der Waals surface area (Å²) in [6, 6.07) is 9.63. The second kappa shape index (κ2) is 8.74. The second-order valence-corrected chi connectivity index (χ2v) is 7.07. The number of amides is 1. The molecular weight excluding hydrogens is 394 g/mol. The van der Waals surface area contributed by atoms with E-state index in [0.29, 0.717) is 16.6 Å². The fourth-order valence-electron chi connectivity index (χ4n) is 2.64. The molecule has 0 aliphatic rings. The van der Waals surface area contributed by atoms with Crippen LogP contribution in [0.1, 0.15) is 11.4 Å². The number of nitrogens with zero attached hydrogens (tertiary/aromatic N) is 3. The van der Waals surface area contributed by atoms with Gasteiger partial charge in [0.1, 0.15) is 11.6 Å². The van der Waals surface area contributed by atoms with E-state index < -0.39 is 17.2 Å². The van der Waals surface area contributed by atoms with Gasteiger partial charge in [-0.2, -0.15) is 0 Å². The normalized spacial score (nSPS) is 10.6. The summed E-state index contributed by atoms with van der Waals surface area (Å²) in [5.74, 6) is 0.300. The van der Waals surface area contributed by atoms with Gasteiger partial charge in [0.05, 0.1) is 18.6 Å². The Morgan fingerprint density at radius 1 is 1.14 bits per heavy atom. The molecule has 3 rings (SSSR count). The van der Waals surface area contributed by atoms with E-state index in [1.165, 1.54) is 23.4 Å². The molecule has 0 fully saturated rings. The maximum atomic E-state index is 12.4. The van der Waals surface area contributed by atoms with Gasteiger partial charge < -0.3 is 10.1 Å². The molecule has 2 aromatic heterocycles. The van der Waals surface area contributed by atoms with E-state index in [4.69, 9.17) is 4.74 Å². The van der Waals surface area contributed by atoms with Gasteiger partial charge in [0, 0.05) is 17.5 Å². The van der Waals surface area contributed by atoms with E-state index >= 15 is 0 Å². The molecule has 2 N–H and O–H groups in total. The summed E-state index contributed by atoms with van der Waals surface area (Å²) in [7, 11) is 1.53. The minimum atomic E-state index is -0.664. The maximum Gasteiger partial charge on any atom is 0.334 e. The molecule has 10 heteroatoms. The molecule has 0 bridgehead atoms. The lowest BCUT2D eigenvalue weighted by molar-refractivity contribution is -0.113. The predicted molar refractivity (Wildman–Crippen MR) is 110 cm³/mol. The number of rotatable bonds is 6. The number of ether oxygens (including phenoxy) is 1. The number of H-pyrrole nitrogens is 1. The first-order chi connectivity index (χ1) is 13.9. The molecule has 3 aromatic rings. The van der Waals surface area contributed by atoms with E-state index in [2.05, 4.69) is 20.3 Å². The SMILES string of the molecule is COc1ccc(-n2c(NC(=O)CSc3nc(C)cc(C)n3)cc(=O)[nH]c2=O)cc1. The van der Waals surface area contributed by atoms with Crippen molar-refractivity contribution in [1.29, 1.82) is 0 Å². The summed E-state index contributed by atoms with van der Waals surface area (Å²) >= 11 is 1.17. The first kappa shape index (κ1) is 20.3. The van der Waals surface area contributed by atoms with E-state index in [0.717, 1.165) is 17.5 Å². The van der Waals surface area contributed by atoms with Crippen LogP contribution in [-0.4, -0.2) is 38.3 Å². The zero-order chi connectivity index (χ0) is 21.0. The Kier molecular flexibility index (Phi) is 6.13. The number of nitrogens with one attached hydrogen (secondary N) is 2. The number of carbonyl (C=O) groups is 1. The van der Waals surface area contributed by atoms with Crippen molar-refractivity contribution < 1.29 is 9.53 Å². The molecule has 0 unspecified atom stereocenters. The molecular formula is C19H19N5O4S. The highest BCUT2D eigenvalue weighted by molar-refractivity contribution is 7.99. The summed E-state index contributed by atoms with van der Waals surface area (Å²) in [5.41, 5.74) is 0.808. The maximum absolute atomic E-state index is 12.4. The summed E-state index contributed by atoms with van der Waals surface area (Å²) in [6.45, 7) is 3.70. The monoisotopic (exact) mass is 413 g/mol. The van der Waals surface area contributed by atoms with Crippen LogP contribution < -0.4 is 21.3 Å². The Bertz CT molecular complexity index is 1130. The van der Waals surface area contributed by atoms with Gasteiger partial charge in [0.25, 0.3) is 5.56 Å². The third-order valence-corrected chi connectivity index (χ3v) is 4.68. The summed E-state index contributed by atoms with van der Waals surface area (Å²) in [6.07, 6.45) is 0. The Labute approximate surface area is 170 Å². The number of benzene rings is 1. The summed E-state index contributed by atoms with van der Waals surface area (Å²) in [4.78, 5) is 47.3. The van der Waals surface area contributed by atoms with Gasteiger partial charge in [-0.05, 0) is 44.2 Å². The number of thioether (sulfide) groups is 1. The number of aryl methyl sites for hydroxylation is 2. The van der Waals surface area contributed by atoms with Crippen molar-refractivity contribution in [2.45, 2.75) is 19.0 Å². The zero-order valence-electron chi connectivity index (χ0n) is 16.1. The van der Waals surface area contributed by atoms with Crippen molar-refractivity contribution in [3.63, 3.8) is 0 Å². The highest BCUT2D eigenvalue weighted by Gasteiger charge is 2.13. The molecule has 150 valence electrons. The lowest BCUT2D eigenvalue weighted by Gasteiger charge is -2.13. The lowest BCUT2D eigenvalue weighted by Crippen LogP contribution is -2.32. The molecule has 0 saturated carbocycles. The predicted octanol–water partition coefficient (Wildman–Crippen LogP) is 1.67. The molecule has 1 aromatic carbocycles. The first-order valence-corrected chi connectivity index (χ1v) is 9.60. The van der Waals surface area contributed by atoms with Crippen molar-refractivity contribution in [3.8, 4) is 11.4 Å². The Hall–Kier alpha value is -3.40. The van der Waals surface area contributed by atoms with Crippen LogP contribution in [0.3, 0.4) is 0 Å². The number of aromatic nitrogens is 4. The van der Waals surface area contributed by atoms with E-state index in [1.807, 2.05) is 19.9 Å². The van der Waals surface area contributed by atoms with Crippen LogP contribution in [0.15, 0.2) is 51.1 Å². The minimum Gasteiger partial charge on any atom is -0.497 e. The highest BCUT2D eigenvalue weighted by atomic mass is 32.2. The van der Waals surface area contributed by atoms with Gasteiger partial charge in [-0.3, -0.25) is 14.6 Å². The van der Waals surface area contributed by atoms with Crippen molar-refractivity contribution in [2.24, 2.45) is 0 Å². The standard InChI is InChI=1S/C19H19N5O4S/c1-11-8-12(2)21-18(20-11)29-10-17(26)22-15-9-16(25)23-19(27)24(15)13-4-6-14(28-3)7-5-13/h4-9H,10H2,1-3H3,(H,22,26)(H,23,25,27). The van der Waals surface area contributed by atoms with Gasteiger partial charge in [0.2, 0.25) is 5.91 Å². The van der Waals surface area contributed by atoms with Crippen LogP contribution in [-0.2, 0) is 4.79 Å². The van der Waals surface area contributed by atoms with Crippen molar-refractivity contribution in [3.05, 3.63) is 68.6 Å². The van der Waals surface area contributed by atoms with Crippen LogP contribution in [0, 0.1) is 13.8 Å². The van der Waals surface area contributed by atoms with Crippen LogP contribution in [0.5, 0.6) is 5.75 Å². The van der Waals surface area contributed by atoms with E-state index in [1.54, 1.807) is 24.3 Å². The number of carbonyl (C=O) groups excluding carboxylic acids is 1. The summed E-state index contributed by atoms with van der Waals surface area (Å²) in [5, 5.41) is 3.10. The average molecular weight is 413 g/mol. The molecule has 0 spiro atoms. The van der Waals surface area contributed by atoms with Gasteiger partial charge >= 0.3 is 5.69 Å². The quantitative estimate of drug-likeness (QED) is 0.466. The van der Waals surface area contributed by atoms with Crippen molar-refractivity contribution in [2.75, 3.05) is 18.2 Å². The molecule has 0 aliphatic heterocycles. The lowest BCUT2D eigenvalue weighted by atomic mass is 10.3. The zero-order valence-corrected chi connectivity index (χ0v) is 16.9. The average Bonchev–Trinajstić information content (AvgIpc) is 2.65. The van der Waals surface area contributed by atoms with Crippen molar-refractivity contribution >= 4 is 23.5 Å². The van der Waals surface area contributed by atoms with Gasteiger partial charge in [-0.15, -0.1) is 0 Å². The fraction of sp³-hybridized carbons (Fsp3) is 0.211. The van der Waals surface area contributed by atoms with Gasteiger partial charge in [0.15, 0.2) is 5.16 Å². The molecule has 0 saturated heterocycles. The Balaban J connectivity index is 1.83. The third-order valence-electron chi connectivity index (χ3n) is 3.83. The topological polar surface area (TPSA) is 119 Å². The number of anilines is 1. The van der Waals surface area contributed by atoms with Crippen LogP contribution >= 0.6 is 11.8 Å². The van der Waals surface area contributed by atoms with Crippen molar-refractivity contribution in [1.82, 2.24) is 19.5 Å². The highest BCUT2D eigenvalue weighted by Crippen LogP contribution is 2.18. The fourth-order valence-corrected chi connectivity index (χ4v) is 3.39. The molecule has 9 nitrogen and oxygen atoms in total. The smallest absolute Gasteiger partial charge is 0.334 e. The summed E-state index contributed by atoms with van der Waals surface area (Å²) < 4.78 is 6.32.